The van der Waals surface area contributed by atoms with E-state index in [2.05, 4.69) is 138 Å². The van der Waals surface area contributed by atoms with Crippen LogP contribution in [0, 0.1) is 0 Å². The lowest BCUT2D eigenvalue weighted by atomic mass is 10.0. The van der Waals surface area contributed by atoms with Crippen LogP contribution in [0.4, 0.5) is 0 Å². The first-order chi connectivity index (χ1) is 29.2. The molecule has 12 rings (SSSR count). The van der Waals surface area contributed by atoms with Crippen molar-refractivity contribution in [3.05, 3.63) is 188 Å². The zero-order valence-corrected chi connectivity index (χ0v) is 32.3. The highest BCUT2D eigenvalue weighted by Gasteiger charge is 2.21. The van der Waals surface area contributed by atoms with Gasteiger partial charge in [0, 0.05) is 42.1 Å². The summed E-state index contributed by atoms with van der Waals surface area (Å²) in [7, 11) is 0. The maximum Gasteiger partial charge on any atom is 0.238 e. The minimum absolute atomic E-state index is 0.496. The van der Waals surface area contributed by atoms with E-state index >= 15 is 0 Å². The van der Waals surface area contributed by atoms with Crippen LogP contribution in [0.3, 0.4) is 0 Å². The molecule has 276 valence electrons. The zero-order valence-electron chi connectivity index (χ0n) is 31.5. The Morgan fingerprint density at radius 2 is 1.07 bits per heavy atom. The molecular formula is C52H31N5OS. The van der Waals surface area contributed by atoms with Gasteiger partial charge in [0.2, 0.25) is 11.8 Å². The summed E-state index contributed by atoms with van der Waals surface area (Å²) in [5, 5.41) is 4.77. The van der Waals surface area contributed by atoms with Gasteiger partial charge in [0.05, 0.1) is 16.6 Å². The Balaban J connectivity index is 1.09. The van der Waals surface area contributed by atoms with Gasteiger partial charge in [-0.05, 0) is 76.9 Å². The number of nitrogens with zero attached hydrogens (tertiary/aromatic N) is 5. The normalized spacial score (nSPS) is 11.7. The summed E-state index contributed by atoms with van der Waals surface area (Å²) >= 11 is 1.83. The molecule has 0 radical (unpaired) electrons. The molecule has 0 amide bonds. The van der Waals surface area contributed by atoms with Crippen LogP contribution in [0.1, 0.15) is 0 Å². The molecule has 8 aromatic carbocycles. The molecule has 0 aliphatic carbocycles. The van der Waals surface area contributed by atoms with E-state index in [1.54, 1.807) is 0 Å². The number of rotatable bonds is 6. The van der Waals surface area contributed by atoms with Crippen molar-refractivity contribution < 1.29 is 4.42 Å². The summed E-state index contributed by atoms with van der Waals surface area (Å²) in [6, 6.07) is 65.2. The van der Waals surface area contributed by atoms with Crippen molar-refractivity contribution in [3.63, 3.8) is 0 Å². The Morgan fingerprint density at radius 1 is 0.407 bits per heavy atom. The molecule has 0 aliphatic rings. The van der Waals surface area contributed by atoms with Gasteiger partial charge in [0.25, 0.3) is 0 Å². The van der Waals surface area contributed by atoms with Crippen molar-refractivity contribution in [2.45, 2.75) is 0 Å². The number of aromatic nitrogens is 5. The smallest absolute Gasteiger partial charge is 0.238 e. The third-order valence-electron chi connectivity index (χ3n) is 11.1. The van der Waals surface area contributed by atoms with E-state index in [1.165, 1.54) is 25.7 Å². The maximum absolute atomic E-state index is 6.54. The van der Waals surface area contributed by atoms with Crippen LogP contribution in [-0.4, -0.2) is 24.5 Å². The van der Waals surface area contributed by atoms with E-state index in [9.17, 15) is 0 Å². The van der Waals surface area contributed by atoms with E-state index in [4.69, 9.17) is 24.4 Å². The largest absolute Gasteiger partial charge is 0.435 e. The molecule has 0 aliphatic heterocycles. The summed E-state index contributed by atoms with van der Waals surface area (Å²) in [4.78, 5) is 20.7. The average molecular weight is 774 g/mol. The molecule has 12 aromatic rings. The number of thiophene rings is 1. The first kappa shape index (κ1) is 33.4. The van der Waals surface area contributed by atoms with E-state index in [-0.39, 0.29) is 0 Å². The molecular weight excluding hydrogens is 743 g/mol. The van der Waals surface area contributed by atoms with Crippen LogP contribution >= 0.6 is 11.3 Å². The summed E-state index contributed by atoms with van der Waals surface area (Å²) in [5.41, 5.74) is 10.5. The van der Waals surface area contributed by atoms with Crippen LogP contribution in [0.25, 0.3) is 116 Å². The molecule has 59 heavy (non-hydrogen) atoms. The Kier molecular flexibility index (Phi) is 7.61. The first-order valence-electron chi connectivity index (χ1n) is 19.5. The van der Waals surface area contributed by atoms with Gasteiger partial charge in [-0.15, -0.1) is 11.3 Å². The van der Waals surface area contributed by atoms with Crippen molar-refractivity contribution in [1.29, 1.82) is 0 Å². The lowest BCUT2D eigenvalue weighted by Crippen LogP contribution is -2.06. The highest BCUT2D eigenvalue weighted by Crippen LogP contribution is 2.41. The van der Waals surface area contributed by atoms with Crippen molar-refractivity contribution in [1.82, 2.24) is 24.5 Å². The number of oxazole rings is 1. The molecule has 0 N–H and O–H groups in total. The van der Waals surface area contributed by atoms with Gasteiger partial charge in [0.1, 0.15) is 5.52 Å². The minimum Gasteiger partial charge on any atom is -0.435 e. The molecule has 4 heterocycles. The fraction of sp³-hybridized carbons (Fsp3) is 0. The topological polar surface area (TPSA) is 69.6 Å². The second-order valence-electron chi connectivity index (χ2n) is 14.6. The number of hydrogen-bond donors (Lipinski definition) is 0. The third-order valence-corrected chi connectivity index (χ3v) is 12.3. The predicted molar refractivity (Wildman–Crippen MR) is 242 cm³/mol. The van der Waals surface area contributed by atoms with Crippen LogP contribution in [-0.2, 0) is 0 Å². The second kappa shape index (κ2) is 13.4. The quantitative estimate of drug-likeness (QED) is 0.168. The van der Waals surface area contributed by atoms with E-state index in [1.807, 2.05) is 65.9 Å². The Labute approximate surface area is 342 Å². The van der Waals surface area contributed by atoms with Crippen LogP contribution in [0.5, 0.6) is 0 Å². The molecule has 0 bridgehead atoms. The van der Waals surface area contributed by atoms with E-state index in [0.29, 0.717) is 29.1 Å². The monoisotopic (exact) mass is 773 g/mol. The Morgan fingerprint density at radius 3 is 1.95 bits per heavy atom. The van der Waals surface area contributed by atoms with Gasteiger partial charge in [-0.25, -0.2) is 9.97 Å². The number of fused-ring (bicyclic) bond motifs is 7. The summed E-state index contributed by atoms with van der Waals surface area (Å²) in [5.74, 6) is 2.11. The molecule has 0 fully saturated rings. The summed E-state index contributed by atoms with van der Waals surface area (Å²) in [6.45, 7) is 0. The van der Waals surface area contributed by atoms with Gasteiger partial charge >= 0.3 is 0 Å². The van der Waals surface area contributed by atoms with Gasteiger partial charge in [-0.1, -0.05) is 133 Å². The molecule has 6 nitrogen and oxygen atoms in total. The van der Waals surface area contributed by atoms with Crippen molar-refractivity contribution in [3.8, 4) is 62.4 Å². The Hall–Kier alpha value is -7.74. The lowest BCUT2D eigenvalue weighted by molar-refractivity contribution is 0.620. The highest BCUT2D eigenvalue weighted by atomic mass is 32.1. The van der Waals surface area contributed by atoms with Crippen molar-refractivity contribution in [2.24, 2.45) is 0 Å². The molecule has 4 aromatic heterocycles. The number of benzene rings is 8. The first-order valence-corrected chi connectivity index (χ1v) is 20.4. The zero-order chi connectivity index (χ0) is 38.9. The van der Waals surface area contributed by atoms with Crippen molar-refractivity contribution >= 4 is 64.4 Å². The average Bonchev–Trinajstić information content (AvgIpc) is 4.02. The molecule has 7 heteroatoms. The van der Waals surface area contributed by atoms with Crippen LogP contribution < -0.4 is 0 Å². The fourth-order valence-corrected chi connectivity index (χ4v) is 9.58. The molecule has 0 saturated heterocycles. The maximum atomic E-state index is 6.54. The van der Waals surface area contributed by atoms with E-state index in [0.717, 1.165) is 60.7 Å². The molecule has 0 saturated carbocycles. The molecule has 0 atom stereocenters. The summed E-state index contributed by atoms with van der Waals surface area (Å²) in [6.07, 6.45) is 0. The lowest BCUT2D eigenvalue weighted by Gasteiger charge is -2.12. The standard InChI is InChI=1S/C52H31N5OS/c1-3-14-32(15-4-1)34-28-29-45-42(31-34)38-20-7-9-26-44(38)57(45)52-55-49(54-50(56-52)41-24-13-25-43-47(41)58-51(53-43)33-16-5-2-6-17-33)36-19-11-18-35(30-36)37-22-12-23-40-39-21-8-10-27-46(39)59-48(37)40/h1-31H. The molecule has 0 unspecified atom stereocenters. The van der Waals surface area contributed by atoms with Gasteiger partial charge in [0.15, 0.2) is 17.2 Å². The third kappa shape index (κ3) is 5.55. The van der Waals surface area contributed by atoms with Crippen LogP contribution in [0.2, 0.25) is 0 Å². The van der Waals surface area contributed by atoms with Crippen molar-refractivity contribution in [2.75, 3.05) is 0 Å². The van der Waals surface area contributed by atoms with Crippen LogP contribution in [0.15, 0.2) is 192 Å². The SMILES string of the molecule is c1ccc(-c2ccc3c(c2)c2ccccc2n3-c2nc(-c3cccc(-c4cccc5c4sc4ccccc45)c3)nc(-c3cccc4nc(-c5ccccc5)oc34)n2)cc1. The van der Waals surface area contributed by atoms with Gasteiger partial charge in [-0.2, -0.15) is 9.97 Å². The predicted octanol–water partition coefficient (Wildman–Crippen LogP) is 13.8. The minimum atomic E-state index is 0.496. The van der Waals surface area contributed by atoms with E-state index < -0.39 is 0 Å². The number of para-hydroxylation sites is 2. The fourth-order valence-electron chi connectivity index (χ4n) is 8.34. The van der Waals surface area contributed by atoms with Gasteiger partial charge in [-0.3, -0.25) is 4.57 Å². The van der Waals surface area contributed by atoms with Gasteiger partial charge < -0.3 is 4.42 Å². The number of hydrogen-bond acceptors (Lipinski definition) is 6. The summed E-state index contributed by atoms with van der Waals surface area (Å²) < 4.78 is 11.2. The second-order valence-corrected chi connectivity index (χ2v) is 15.7. The highest BCUT2D eigenvalue weighted by molar-refractivity contribution is 7.26. The Bertz CT molecular complexity index is 3570. The molecule has 0 spiro atoms.